The first kappa shape index (κ1) is 19.0. The molecule has 3 aromatic rings. The van der Waals surface area contributed by atoms with E-state index in [0.717, 1.165) is 5.69 Å². The molecule has 9 heteroatoms. The average molecular weight is 380 g/mol. The normalized spacial score (nSPS) is 11.8. The van der Waals surface area contributed by atoms with Crippen molar-refractivity contribution >= 4 is 17.6 Å². The van der Waals surface area contributed by atoms with Gasteiger partial charge in [-0.05, 0) is 31.2 Å². The van der Waals surface area contributed by atoms with Gasteiger partial charge >= 0.3 is 0 Å². The van der Waals surface area contributed by atoms with Crippen LogP contribution in [0.25, 0.3) is 5.82 Å². The minimum absolute atomic E-state index is 0.133. The molecule has 0 aliphatic rings. The molecule has 3 N–H and O–H groups in total. The summed E-state index contributed by atoms with van der Waals surface area (Å²) < 4.78 is 3.37. The Hall–Kier alpha value is -3.75. The molecule has 144 valence electrons. The van der Waals surface area contributed by atoms with E-state index in [1.54, 1.807) is 46.5 Å². The van der Waals surface area contributed by atoms with Crippen LogP contribution in [0.5, 0.6) is 0 Å². The fraction of sp³-hybridized carbons (Fsp3) is 0.211. The van der Waals surface area contributed by atoms with Gasteiger partial charge in [0.15, 0.2) is 0 Å². The van der Waals surface area contributed by atoms with Gasteiger partial charge in [0.1, 0.15) is 23.4 Å². The van der Waals surface area contributed by atoms with Gasteiger partial charge in [0.05, 0.1) is 6.20 Å². The number of aryl methyl sites for hydroxylation is 2. The van der Waals surface area contributed by atoms with Crippen LogP contribution in [0.4, 0.5) is 0 Å². The van der Waals surface area contributed by atoms with E-state index in [1.165, 1.54) is 6.20 Å². The number of amides is 2. The van der Waals surface area contributed by atoms with E-state index in [0.29, 0.717) is 11.6 Å². The maximum atomic E-state index is 12.9. The Morgan fingerprint density at radius 2 is 1.96 bits per heavy atom. The van der Waals surface area contributed by atoms with Crippen LogP contribution in [-0.2, 0) is 23.1 Å². The molecule has 28 heavy (non-hydrogen) atoms. The first-order valence-electron chi connectivity index (χ1n) is 8.59. The van der Waals surface area contributed by atoms with Crippen molar-refractivity contribution in [1.82, 2.24) is 24.4 Å². The molecule has 0 saturated carbocycles. The molecular formula is C19H20N6O3. The average Bonchev–Trinajstić information content (AvgIpc) is 3.26. The Bertz CT molecular complexity index is 1020. The van der Waals surface area contributed by atoms with Gasteiger partial charge in [0.2, 0.25) is 5.78 Å². The molecule has 0 spiro atoms. The van der Waals surface area contributed by atoms with E-state index in [-0.39, 0.29) is 12.1 Å². The minimum Gasteiger partial charge on any atom is -0.363 e. The van der Waals surface area contributed by atoms with Gasteiger partial charge in [-0.3, -0.25) is 19.0 Å². The first-order chi connectivity index (χ1) is 13.4. The zero-order valence-corrected chi connectivity index (χ0v) is 15.5. The first-order valence-corrected chi connectivity index (χ1v) is 8.59. The summed E-state index contributed by atoms with van der Waals surface area (Å²) in [6.45, 7) is 1.74. The summed E-state index contributed by atoms with van der Waals surface area (Å²) in [5, 5.41) is 2.61. The van der Waals surface area contributed by atoms with Gasteiger partial charge in [-0.15, -0.1) is 0 Å². The standard InChI is InChI=1S/C19H20N6O3/c1-12-22-11-15(25(12)16-7-3-4-8-21-16)19(28)23-14(17(26)18(20)27)10-13-6-5-9-24(13)2/h3-9,11,14H,10H2,1-2H3,(H2,20,27)(H,23,28). The fourth-order valence-electron chi connectivity index (χ4n) is 2.91. The zero-order valence-electron chi connectivity index (χ0n) is 15.5. The number of hydrogen-bond donors (Lipinski definition) is 2. The number of ketones is 1. The molecular weight excluding hydrogens is 360 g/mol. The lowest BCUT2D eigenvalue weighted by molar-refractivity contribution is -0.137. The minimum atomic E-state index is -1.10. The number of hydrogen-bond acceptors (Lipinski definition) is 5. The van der Waals surface area contributed by atoms with Crippen molar-refractivity contribution in [1.29, 1.82) is 0 Å². The van der Waals surface area contributed by atoms with Gasteiger partial charge in [-0.2, -0.15) is 0 Å². The molecule has 2 amide bonds. The summed E-state index contributed by atoms with van der Waals surface area (Å²) in [6.07, 6.45) is 4.94. The van der Waals surface area contributed by atoms with Crippen LogP contribution in [0.3, 0.4) is 0 Å². The molecule has 0 aromatic carbocycles. The molecule has 0 bridgehead atoms. The fourth-order valence-corrected chi connectivity index (χ4v) is 2.91. The summed E-state index contributed by atoms with van der Waals surface area (Å²) >= 11 is 0. The number of nitrogens with two attached hydrogens (primary N) is 1. The van der Waals surface area contributed by atoms with E-state index in [4.69, 9.17) is 5.73 Å². The molecule has 0 saturated heterocycles. The van der Waals surface area contributed by atoms with Crippen molar-refractivity contribution in [3.63, 3.8) is 0 Å². The number of aromatic nitrogens is 4. The third kappa shape index (κ3) is 3.83. The van der Waals surface area contributed by atoms with Crippen LogP contribution in [0.15, 0.2) is 48.9 Å². The van der Waals surface area contributed by atoms with Crippen LogP contribution in [0, 0.1) is 6.92 Å². The monoisotopic (exact) mass is 380 g/mol. The van der Waals surface area contributed by atoms with E-state index < -0.39 is 23.6 Å². The van der Waals surface area contributed by atoms with Crippen LogP contribution < -0.4 is 11.1 Å². The second kappa shape index (κ2) is 7.87. The molecule has 0 fully saturated rings. The SMILES string of the molecule is Cc1ncc(C(=O)NC(Cc2cccn2C)C(=O)C(N)=O)n1-c1ccccn1. The Labute approximate surface area is 161 Å². The smallest absolute Gasteiger partial charge is 0.287 e. The topological polar surface area (TPSA) is 125 Å². The summed E-state index contributed by atoms with van der Waals surface area (Å²) in [5.74, 6) is -1.45. The van der Waals surface area contributed by atoms with E-state index >= 15 is 0 Å². The molecule has 1 atom stereocenters. The number of carbonyl (C=O) groups excluding carboxylic acids is 3. The zero-order chi connectivity index (χ0) is 20.3. The molecule has 3 aromatic heterocycles. The van der Waals surface area contributed by atoms with Crippen molar-refractivity contribution in [3.05, 3.63) is 66.1 Å². The van der Waals surface area contributed by atoms with E-state index in [1.807, 2.05) is 19.3 Å². The summed E-state index contributed by atoms with van der Waals surface area (Å²) in [4.78, 5) is 45.0. The van der Waals surface area contributed by atoms with E-state index in [2.05, 4.69) is 15.3 Å². The molecule has 0 aliphatic carbocycles. The second-order valence-corrected chi connectivity index (χ2v) is 6.28. The highest BCUT2D eigenvalue weighted by atomic mass is 16.2. The van der Waals surface area contributed by atoms with Crippen molar-refractivity contribution in [2.75, 3.05) is 0 Å². The maximum Gasteiger partial charge on any atom is 0.287 e. The number of pyridine rings is 1. The molecule has 0 radical (unpaired) electrons. The third-order valence-corrected chi connectivity index (χ3v) is 4.38. The third-order valence-electron chi connectivity index (χ3n) is 4.38. The van der Waals surface area contributed by atoms with E-state index in [9.17, 15) is 14.4 Å². The van der Waals surface area contributed by atoms with Crippen LogP contribution >= 0.6 is 0 Å². The van der Waals surface area contributed by atoms with Gasteiger partial charge < -0.3 is 15.6 Å². The second-order valence-electron chi connectivity index (χ2n) is 6.28. The van der Waals surface area contributed by atoms with Crippen LogP contribution in [-0.4, -0.2) is 42.7 Å². The number of nitrogens with one attached hydrogen (secondary N) is 1. The maximum absolute atomic E-state index is 12.9. The number of nitrogens with zero attached hydrogens (tertiary/aromatic N) is 4. The molecule has 3 rings (SSSR count). The summed E-state index contributed by atoms with van der Waals surface area (Å²) in [5.41, 5.74) is 6.14. The Kier molecular flexibility index (Phi) is 5.35. The quantitative estimate of drug-likeness (QED) is 0.571. The highest BCUT2D eigenvalue weighted by Gasteiger charge is 2.28. The Morgan fingerprint density at radius 1 is 1.18 bits per heavy atom. The number of imidazole rings is 1. The van der Waals surface area contributed by atoms with Crippen molar-refractivity contribution < 1.29 is 14.4 Å². The molecule has 0 aliphatic heterocycles. The highest BCUT2D eigenvalue weighted by molar-refractivity contribution is 6.38. The number of Topliss-reactive ketones (excluding diaryl/α,β-unsaturated/α-hetero) is 1. The van der Waals surface area contributed by atoms with Gasteiger partial charge in [0, 0.05) is 31.6 Å². The molecule has 3 heterocycles. The van der Waals surface area contributed by atoms with Crippen molar-refractivity contribution in [3.8, 4) is 5.82 Å². The Balaban J connectivity index is 1.90. The number of primary amides is 1. The van der Waals surface area contributed by atoms with Crippen molar-refractivity contribution in [2.24, 2.45) is 12.8 Å². The molecule has 1 unspecified atom stereocenters. The lowest BCUT2D eigenvalue weighted by Crippen LogP contribution is -2.48. The van der Waals surface area contributed by atoms with Gasteiger partial charge in [-0.1, -0.05) is 6.07 Å². The summed E-state index contributed by atoms with van der Waals surface area (Å²) in [7, 11) is 1.81. The lowest BCUT2D eigenvalue weighted by atomic mass is 10.1. The van der Waals surface area contributed by atoms with Gasteiger partial charge in [-0.25, -0.2) is 9.97 Å². The van der Waals surface area contributed by atoms with Crippen LogP contribution in [0.1, 0.15) is 22.0 Å². The van der Waals surface area contributed by atoms with Crippen molar-refractivity contribution in [2.45, 2.75) is 19.4 Å². The largest absolute Gasteiger partial charge is 0.363 e. The predicted octanol–water partition coefficient (Wildman–Crippen LogP) is 0.310. The predicted molar refractivity (Wildman–Crippen MR) is 101 cm³/mol. The lowest BCUT2D eigenvalue weighted by Gasteiger charge is -2.17. The number of carbonyl (C=O) groups is 3. The summed E-state index contributed by atoms with van der Waals surface area (Å²) in [6, 6.07) is 7.81. The molecule has 9 nitrogen and oxygen atoms in total. The Morgan fingerprint density at radius 3 is 2.57 bits per heavy atom. The highest BCUT2D eigenvalue weighted by Crippen LogP contribution is 2.13. The van der Waals surface area contributed by atoms with Gasteiger partial charge in [0.25, 0.3) is 11.8 Å². The van der Waals surface area contributed by atoms with Crippen LogP contribution in [0.2, 0.25) is 0 Å². The number of rotatable bonds is 7.